The van der Waals surface area contributed by atoms with Crippen molar-refractivity contribution in [3.63, 3.8) is 0 Å². The van der Waals surface area contributed by atoms with E-state index in [1.54, 1.807) is 4.68 Å². The maximum atomic E-state index is 4.61. The molecule has 1 aromatic heterocycles. The van der Waals surface area contributed by atoms with E-state index >= 15 is 0 Å². The highest BCUT2D eigenvalue weighted by molar-refractivity contribution is 14.0. The van der Waals surface area contributed by atoms with Crippen LogP contribution < -0.4 is 10.6 Å². The number of aryl methyl sites for hydroxylation is 1. The first-order valence-corrected chi connectivity index (χ1v) is 8.76. The lowest BCUT2D eigenvalue weighted by Crippen LogP contribution is -2.40. The number of nitrogens with zero attached hydrogens (tertiary/aromatic N) is 3. The van der Waals surface area contributed by atoms with Crippen molar-refractivity contribution >= 4 is 41.7 Å². The fourth-order valence-electron chi connectivity index (χ4n) is 2.08. The molecule has 0 saturated carbocycles. The van der Waals surface area contributed by atoms with E-state index in [0.29, 0.717) is 11.8 Å². The topological polar surface area (TPSA) is 54.2 Å². The Morgan fingerprint density at radius 3 is 2.67 bits per heavy atom. The summed E-state index contributed by atoms with van der Waals surface area (Å²) < 4.78 is 1.80. The van der Waals surface area contributed by atoms with Crippen LogP contribution in [0.4, 0.5) is 0 Å². The Labute approximate surface area is 165 Å². The van der Waals surface area contributed by atoms with Crippen LogP contribution in [0.3, 0.4) is 0 Å². The first kappa shape index (κ1) is 20.8. The Bertz CT molecular complexity index is 614. The summed E-state index contributed by atoms with van der Waals surface area (Å²) in [6.07, 6.45) is 3.84. The molecule has 1 atom stereocenters. The third kappa shape index (κ3) is 7.57. The summed E-state index contributed by atoms with van der Waals surface area (Å²) in [5, 5.41) is 11.3. The molecule has 0 amide bonds. The molecule has 0 radical (unpaired) electrons. The molecule has 24 heavy (non-hydrogen) atoms. The van der Waals surface area contributed by atoms with Crippen molar-refractivity contribution in [2.75, 3.05) is 13.1 Å². The minimum Gasteiger partial charge on any atom is -0.357 e. The van der Waals surface area contributed by atoms with Gasteiger partial charge in [0.05, 0.1) is 12.7 Å². The molecular formula is C17H26IN5S. The lowest BCUT2D eigenvalue weighted by molar-refractivity contribution is 0.766. The summed E-state index contributed by atoms with van der Waals surface area (Å²) in [7, 11) is 1.92. The molecule has 0 aliphatic carbocycles. The minimum atomic E-state index is 0. The van der Waals surface area contributed by atoms with Gasteiger partial charge in [-0.3, -0.25) is 4.68 Å². The maximum absolute atomic E-state index is 4.61. The molecule has 0 fully saturated rings. The quantitative estimate of drug-likeness (QED) is 0.289. The van der Waals surface area contributed by atoms with Gasteiger partial charge in [-0.15, -0.1) is 35.7 Å². The summed E-state index contributed by atoms with van der Waals surface area (Å²) in [5.74, 6) is 0.844. The van der Waals surface area contributed by atoms with Crippen molar-refractivity contribution in [1.29, 1.82) is 0 Å². The average Bonchev–Trinajstić information content (AvgIpc) is 2.96. The Kier molecular flexibility index (Phi) is 9.85. The van der Waals surface area contributed by atoms with E-state index in [-0.39, 0.29) is 24.0 Å². The fraction of sp³-hybridized carbons (Fsp3) is 0.412. The molecule has 7 heteroatoms. The van der Waals surface area contributed by atoms with E-state index in [1.807, 2.05) is 37.3 Å². The average molecular weight is 459 g/mol. The lowest BCUT2D eigenvalue weighted by Gasteiger charge is -2.15. The molecule has 0 bridgehead atoms. The Morgan fingerprint density at radius 2 is 2.04 bits per heavy atom. The summed E-state index contributed by atoms with van der Waals surface area (Å²) >= 11 is 1.86. The van der Waals surface area contributed by atoms with E-state index in [9.17, 15) is 0 Å². The molecule has 2 aromatic rings. The molecule has 1 unspecified atom stereocenters. The standard InChI is InChI=1S/C17H25N5S.HI/c1-4-18-17(20-11-15-12-21-22(3)13-15)19-10-14(2)23-16-8-6-5-7-9-16;/h5-9,12-14H,4,10-11H2,1-3H3,(H2,18,19,20);1H. The normalized spacial score (nSPS) is 12.4. The van der Waals surface area contributed by atoms with Crippen LogP contribution in [0.1, 0.15) is 19.4 Å². The van der Waals surface area contributed by atoms with Gasteiger partial charge in [-0.05, 0) is 19.1 Å². The van der Waals surface area contributed by atoms with Crippen molar-refractivity contribution in [3.05, 3.63) is 48.3 Å². The second-order valence-corrected chi connectivity index (χ2v) is 6.85. The van der Waals surface area contributed by atoms with E-state index in [0.717, 1.165) is 24.6 Å². The van der Waals surface area contributed by atoms with Crippen LogP contribution in [0, 0.1) is 0 Å². The SMILES string of the molecule is CCNC(=NCc1cnn(C)c1)NCC(C)Sc1ccccc1.I. The largest absolute Gasteiger partial charge is 0.357 e. The van der Waals surface area contributed by atoms with Crippen molar-refractivity contribution < 1.29 is 0 Å². The smallest absolute Gasteiger partial charge is 0.191 e. The lowest BCUT2D eigenvalue weighted by atomic mass is 10.4. The predicted molar refractivity (Wildman–Crippen MR) is 113 cm³/mol. The van der Waals surface area contributed by atoms with Gasteiger partial charge in [-0.25, -0.2) is 4.99 Å². The Morgan fingerprint density at radius 1 is 1.29 bits per heavy atom. The number of aromatic nitrogens is 2. The number of benzene rings is 1. The summed E-state index contributed by atoms with van der Waals surface area (Å²) in [4.78, 5) is 5.90. The van der Waals surface area contributed by atoms with Gasteiger partial charge in [-0.2, -0.15) is 5.10 Å². The van der Waals surface area contributed by atoms with Crippen molar-refractivity contribution in [3.8, 4) is 0 Å². The molecule has 2 rings (SSSR count). The van der Waals surface area contributed by atoms with Crippen molar-refractivity contribution in [1.82, 2.24) is 20.4 Å². The molecule has 0 aliphatic heterocycles. The predicted octanol–water partition coefficient (Wildman–Crippen LogP) is 3.27. The maximum Gasteiger partial charge on any atom is 0.191 e. The van der Waals surface area contributed by atoms with Gasteiger partial charge in [-0.1, -0.05) is 25.1 Å². The van der Waals surface area contributed by atoms with Crippen LogP contribution in [-0.4, -0.2) is 34.1 Å². The van der Waals surface area contributed by atoms with Gasteiger partial charge >= 0.3 is 0 Å². The van der Waals surface area contributed by atoms with Crippen LogP contribution in [0.15, 0.2) is 52.6 Å². The van der Waals surface area contributed by atoms with E-state index in [1.165, 1.54) is 4.90 Å². The molecular weight excluding hydrogens is 433 g/mol. The molecule has 1 heterocycles. The zero-order valence-electron chi connectivity index (χ0n) is 14.4. The van der Waals surface area contributed by atoms with Crippen molar-refractivity contribution in [2.45, 2.75) is 30.5 Å². The molecule has 1 aromatic carbocycles. The summed E-state index contributed by atoms with van der Waals surface area (Å²) in [5.41, 5.74) is 1.11. The van der Waals surface area contributed by atoms with Gasteiger partial charge < -0.3 is 10.6 Å². The first-order chi connectivity index (χ1) is 11.2. The van der Waals surface area contributed by atoms with Gasteiger partial charge in [0.1, 0.15) is 0 Å². The third-order valence-electron chi connectivity index (χ3n) is 3.16. The van der Waals surface area contributed by atoms with E-state index in [4.69, 9.17) is 0 Å². The molecule has 5 nitrogen and oxygen atoms in total. The minimum absolute atomic E-state index is 0. The highest BCUT2D eigenvalue weighted by atomic mass is 127. The summed E-state index contributed by atoms with van der Waals surface area (Å²) in [6.45, 7) is 6.62. The highest BCUT2D eigenvalue weighted by Crippen LogP contribution is 2.21. The van der Waals surface area contributed by atoms with Crippen LogP contribution in [0.5, 0.6) is 0 Å². The first-order valence-electron chi connectivity index (χ1n) is 7.88. The fourth-order valence-corrected chi connectivity index (χ4v) is 3.02. The zero-order chi connectivity index (χ0) is 16.5. The monoisotopic (exact) mass is 459 g/mol. The van der Waals surface area contributed by atoms with Gasteiger partial charge in [0.15, 0.2) is 5.96 Å². The number of hydrogen-bond donors (Lipinski definition) is 2. The second-order valence-electron chi connectivity index (χ2n) is 5.34. The van der Waals surface area contributed by atoms with Crippen LogP contribution in [-0.2, 0) is 13.6 Å². The van der Waals surface area contributed by atoms with Crippen molar-refractivity contribution in [2.24, 2.45) is 12.0 Å². The van der Waals surface area contributed by atoms with Gasteiger partial charge in [0, 0.05) is 42.0 Å². The van der Waals surface area contributed by atoms with Crippen LogP contribution >= 0.6 is 35.7 Å². The van der Waals surface area contributed by atoms with Gasteiger partial charge in [0.2, 0.25) is 0 Å². The molecule has 2 N–H and O–H groups in total. The second kappa shape index (κ2) is 11.4. The molecule has 0 aliphatic rings. The Balaban J connectivity index is 0.00000288. The third-order valence-corrected chi connectivity index (χ3v) is 4.27. The van der Waals surface area contributed by atoms with Gasteiger partial charge in [0.25, 0.3) is 0 Å². The molecule has 0 spiro atoms. The van der Waals surface area contributed by atoms with E-state index in [2.05, 4.69) is 58.8 Å². The van der Waals surface area contributed by atoms with E-state index < -0.39 is 0 Å². The zero-order valence-corrected chi connectivity index (χ0v) is 17.5. The highest BCUT2D eigenvalue weighted by Gasteiger charge is 2.06. The molecule has 0 saturated heterocycles. The van der Waals surface area contributed by atoms with Crippen LogP contribution in [0.25, 0.3) is 0 Å². The number of guanidine groups is 1. The Hall–Kier alpha value is -1.22. The number of halogens is 1. The number of rotatable bonds is 7. The summed E-state index contributed by atoms with van der Waals surface area (Å²) in [6, 6.07) is 10.5. The number of hydrogen-bond acceptors (Lipinski definition) is 3. The number of aliphatic imine (C=N–C) groups is 1. The van der Waals surface area contributed by atoms with Crippen LogP contribution in [0.2, 0.25) is 0 Å². The number of nitrogens with one attached hydrogen (secondary N) is 2. The number of thioether (sulfide) groups is 1. The molecule has 132 valence electrons.